The number of benzene rings is 1. The molecule has 0 saturated carbocycles. The Labute approximate surface area is 103 Å². The Morgan fingerprint density at radius 1 is 1.29 bits per heavy atom. The SMILES string of the molecule is C[C@@H]1CCC[C@@H](C)N1C(=O)c1cccc(N)c1. The number of likely N-dealkylation sites (tertiary alicyclic amines) is 1. The summed E-state index contributed by atoms with van der Waals surface area (Å²) in [7, 11) is 0. The van der Waals surface area contributed by atoms with Crippen molar-refractivity contribution in [2.45, 2.75) is 45.2 Å². The van der Waals surface area contributed by atoms with E-state index >= 15 is 0 Å². The van der Waals surface area contributed by atoms with E-state index in [1.165, 1.54) is 6.42 Å². The van der Waals surface area contributed by atoms with Crippen molar-refractivity contribution in [3.63, 3.8) is 0 Å². The molecule has 1 amide bonds. The molecule has 1 saturated heterocycles. The molecule has 17 heavy (non-hydrogen) atoms. The van der Waals surface area contributed by atoms with Crippen molar-refractivity contribution in [1.29, 1.82) is 0 Å². The first-order valence-corrected chi connectivity index (χ1v) is 6.28. The van der Waals surface area contributed by atoms with Crippen LogP contribution in [-0.4, -0.2) is 22.9 Å². The molecular formula is C14H20N2O. The molecule has 0 aliphatic carbocycles. The standard InChI is InChI=1S/C14H20N2O/c1-10-5-3-6-11(2)16(10)14(17)12-7-4-8-13(15)9-12/h4,7-11H,3,5-6,15H2,1-2H3/t10-,11-/m1/s1. The van der Waals surface area contributed by atoms with E-state index in [9.17, 15) is 4.79 Å². The molecule has 1 heterocycles. The van der Waals surface area contributed by atoms with Gasteiger partial charge < -0.3 is 10.6 Å². The minimum atomic E-state index is 0.108. The lowest BCUT2D eigenvalue weighted by atomic mass is 9.96. The zero-order valence-corrected chi connectivity index (χ0v) is 10.5. The number of rotatable bonds is 1. The minimum Gasteiger partial charge on any atom is -0.399 e. The van der Waals surface area contributed by atoms with Gasteiger partial charge in [-0.3, -0.25) is 4.79 Å². The highest BCUT2D eigenvalue weighted by Crippen LogP contribution is 2.24. The zero-order chi connectivity index (χ0) is 12.4. The Kier molecular flexibility index (Phi) is 3.36. The van der Waals surface area contributed by atoms with Crippen LogP contribution in [0.1, 0.15) is 43.5 Å². The van der Waals surface area contributed by atoms with E-state index in [0.717, 1.165) is 12.8 Å². The second kappa shape index (κ2) is 4.78. The molecule has 1 fully saturated rings. The van der Waals surface area contributed by atoms with Gasteiger partial charge in [0.2, 0.25) is 0 Å². The van der Waals surface area contributed by atoms with Gasteiger partial charge in [0, 0.05) is 23.3 Å². The van der Waals surface area contributed by atoms with Crippen LogP contribution in [0.4, 0.5) is 5.69 Å². The van der Waals surface area contributed by atoms with Gasteiger partial charge in [-0.1, -0.05) is 6.07 Å². The van der Waals surface area contributed by atoms with E-state index in [1.807, 2.05) is 17.0 Å². The number of carbonyl (C=O) groups is 1. The molecule has 1 aliphatic rings. The summed E-state index contributed by atoms with van der Waals surface area (Å²) in [5.41, 5.74) is 7.07. The van der Waals surface area contributed by atoms with Crippen molar-refractivity contribution in [2.24, 2.45) is 0 Å². The maximum Gasteiger partial charge on any atom is 0.254 e. The first-order chi connectivity index (χ1) is 8.09. The van der Waals surface area contributed by atoms with E-state index in [-0.39, 0.29) is 5.91 Å². The van der Waals surface area contributed by atoms with Gasteiger partial charge in [-0.05, 0) is 51.3 Å². The number of hydrogen-bond donors (Lipinski definition) is 1. The zero-order valence-electron chi connectivity index (χ0n) is 10.5. The summed E-state index contributed by atoms with van der Waals surface area (Å²) in [4.78, 5) is 14.4. The second-order valence-electron chi connectivity index (χ2n) is 4.97. The first-order valence-electron chi connectivity index (χ1n) is 6.28. The summed E-state index contributed by atoms with van der Waals surface area (Å²) < 4.78 is 0. The van der Waals surface area contributed by atoms with E-state index < -0.39 is 0 Å². The van der Waals surface area contributed by atoms with Gasteiger partial charge in [-0.25, -0.2) is 0 Å². The Balaban J connectivity index is 2.24. The molecule has 3 nitrogen and oxygen atoms in total. The number of carbonyl (C=O) groups excluding carboxylic acids is 1. The molecule has 0 radical (unpaired) electrons. The molecule has 1 aromatic carbocycles. The Bertz CT molecular complexity index is 406. The third-order valence-electron chi connectivity index (χ3n) is 3.56. The molecule has 2 N–H and O–H groups in total. The molecule has 2 atom stereocenters. The van der Waals surface area contributed by atoms with Crippen molar-refractivity contribution in [3.8, 4) is 0 Å². The maximum atomic E-state index is 12.4. The summed E-state index contributed by atoms with van der Waals surface area (Å²) in [5, 5.41) is 0. The van der Waals surface area contributed by atoms with Crippen molar-refractivity contribution >= 4 is 11.6 Å². The van der Waals surface area contributed by atoms with Crippen LogP contribution in [0.5, 0.6) is 0 Å². The van der Waals surface area contributed by atoms with Crippen LogP contribution in [0.3, 0.4) is 0 Å². The van der Waals surface area contributed by atoms with E-state index in [2.05, 4.69) is 13.8 Å². The molecule has 3 heteroatoms. The molecule has 1 aliphatic heterocycles. The van der Waals surface area contributed by atoms with Gasteiger partial charge in [0.25, 0.3) is 5.91 Å². The van der Waals surface area contributed by atoms with Crippen molar-refractivity contribution in [1.82, 2.24) is 4.90 Å². The molecule has 0 bridgehead atoms. The molecule has 0 aromatic heterocycles. The number of nitrogens with two attached hydrogens (primary N) is 1. The average molecular weight is 232 g/mol. The predicted octanol–water partition coefficient (Wildman–Crippen LogP) is 2.67. The quantitative estimate of drug-likeness (QED) is 0.757. The third-order valence-corrected chi connectivity index (χ3v) is 3.56. The number of nitrogen functional groups attached to an aromatic ring is 1. The van der Waals surface area contributed by atoms with E-state index in [0.29, 0.717) is 23.3 Å². The molecular weight excluding hydrogens is 212 g/mol. The van der Waals surface area contributed by atoms with Crippen LogP contribution in [0, 0.1) is 0 Å². The Morgan fingerprint density at radius 3 is 2.53 bits per heavy atom. The fourth-order valence-electron chi connectivity index (χ4n) is 2.64. The van der Waals surface area contributed by atoms with Gasteiger partial charge in [0.1, 0.15) is 0 Å². The molecule has 1 aromatic rings. The first kappa shape index (κ1) is 12.0. The van der Waals surface area contributed by atoms with Crippen LogP contribution >= 0.6 is 0 Å². The largest absolute Gasteiger partial charge is 0.399 e. The third kappa shape index (κ3) is 2.43. The van der Waals surface area contributed by atoms with Gasteiger partial charge in [0.05, 0.1) is 0 Å². The van der Waals surface area contributed by atoms with E-state index in [4.69, 9.17) is 5.73 Å². The number of nitrogens with zero attached hydrogens (tertiary/aromatic N) is 1. The lowest BCUT2D eigenvalue weighted by molar-refractivity contribution is 0.0511. The van der Waals surface area contributed by atoms with Crippen LogP contribution in [-0.2, 0) is 0 Å². The highest BCUT2D eigenvalue weighted by atomic mass is 16.2. The van der Waals surface area contributed by atoms with Crippen molar-refractivity contribution < 1.29 is 4.79 Å². The monoisotopic (exact) mass is 232 g/mol. The number of anilines is 1. The molecule has 0 unspecified atom stereocenters. The normalized spacial score (nSPS) is 24.7. The Morgan fingerprint density at radius 2 is 1.94 bits per heavy atom. The van der Waals surface area contributed by atoms with Crippen LogP contribution < -0.4 is 5.73 Å². The summed E-state index contributed by atoms with van der Waals surface area (Å²) in [6, 6.07) is 7.89. The molecule has 0 spiro atoms. The summed E-state index contributed by atoms with van der Waals surface area (Å²) >= 11 is 0. The van der Waals surface area contributed by atoms with Gasteiger partial charge in [0.15, 0.2) is 0 Å². The number of hydrogen-bond acceptors (Lipinski definition) is 2. The fraction of sp³-hybridized carbons (Fsp3) is 0.500. The van der Waals surface area contributed by atoms with Crippen LogP contribution in [0.25, 0.3) is 0 Å². The van der Waals surface area contributed by atoms with Gasteiger partial charge in [-0.15, -0.1) is 0 Å². The topological polar surface area (TPSA) is 46.3 Å². The van der Waals surface area contributed by atoms with Crippen LogP contribution in [0.2, 0.25) is 0 Å². The van der Waals surface area contributed by atoms with Crippen molar-refractivity contribution in [2.75, 3.05) is 5.73 Å². The summed E-state index contributed by atoms with van der Waals surface area (Å²) in [6.07, 6.45) is 3.40. The lowest BCUT2D eigenvalue weighted by Crippen LogP contribution is -2.47. The summed E-state index contributed by atoms with van der Waals surface area (Å²) in [6.45, 7) is 4.25. The average Bonchev–Trinajstić information content (AvgIpc) is 2.28. The molecule has 92 valence electrons. The smallest absolute Gasteiger partial charge is 0.254 e. The highest BCUT2D eigenvalue weighted by molar-refractivity contribution is 5.95. The minimum absolute atomic E-state index is 0.108. The van der Waals surface area contributed by atoms with Gasteiger partial charge >= 0.3 is 0 Å². The lowest BCUT2D eigenvalue weighted by Gasteiger charge is -2.39. The highest BCUT2D eigenvalue weighted by Gasteiger charge is 2.29. The fourth-order valence-corrected chi connectivity index (χ4v) is 2.64. The number of piperidine rings is 1. The van der Waals surface area contributed by atoms with Crippen LogP contribution in [0.15, 0.2) is 24.3 Å². The molecule has 2 rings (SSSR count). The van der Waals surface area contributed by atoms with Gasteiger partial charge in [-0.2, -0.15) is 0 Å². The predicted molar refractivity (Wildman–Crippen MR) is 69.8 cm³/mol. The Hall–Kier alpha value is -1.51. The summed E-state index contributed by atoms with van der Waals surface area (Å²) in [5.74, 6) is 0.108. The maximum absolute atomic E-state index is 12.4. The van der Waals surface area contributed by atoms with Crippen molar-refractivity contribution in [3.05, 3.63) is 29.8 Å². The van der Waals surface area contributed by atoms with E-state index in [1.54, 1.807) is 12.1 Å². The number of amides is 1. The second-order valence-corrected chi connectivity index (χ2v) is 4.97.